The van der Waals surface area contributed by atoms with Crippen LogP contribution in [0.15, 0.2) is 24.3 Å². The lowest BCUT2D eigenvalue weighted by atomic mass is 9.73. The van der Waals surface area contributed by atoms with Gasteiger partial charge in [0.2, 0.25) is 0 Å². The molecule has 5 atom stereocenters. The van der Waals surface area contributed by atoms with Gasteiger partial charge in [-0.3, -0.25) is 14.4 Å². The molecule has 1 fully saturated rings. The number of rotatable bonds is 1. The van der Waals surface area contributed by atoms with Gasteiger partial charge in [-0.05, 0) is 31.5 Å². The predicted octanol–water partition coefficient (Wildman–Crippen LogP) is 1.62. The predicted molar refractivity (Wildman–Crippen MR) is 115 cm³/mol. The van der Waals surface area contributed by atoms with Gasteiger partial charge in [0.15, 0.2) is 17.3 Å². The fraction of sp³-hybridized carbons (Fsp3) is 0.400. The second-order valence-electron chi connectivity index (χ2n) is 9.50. The minimum atomic E-state index is -1.22. The molecule has 8 heteroatoms. The van der Waals surface area contributed by atoms with Crippen LogP contribution in [0.2, 0.25) is 0 Å². The number of phenols is 1. The summed E-state index contributed by atoms with van der Waals surface area (Å²) in [5.41, 5.74) is -0.457. The highest BCUT2D eigenvalue weighted by molar-refractivity contribution is 6.32. The maximum Gasteiger partial charge on any atom is 0.198 e. The first-order chi connectivity index (χ1) is 15.5. The molecule has 2 aliphatic carbocycles. The average molecular weight is 452 g/mol. The van der Waals surface area contributed by atoms with E-state index < -0.39 is 53.1 Å². The van der Waals surface area contributed by atoms with E-state index in [1.165, 1.54) is 18.2 Å². The van der Waals surface area contributed by atoms with Gasteiger partial charge in [0, 0.05) is 47.1 Å². The van der Waals surface area contributed by atoms with Crippen molar-refractivity contribution >= 4 is 17.3 Å². The highest BCUT2D eigenvalue weighted by atomic mass is 16.5. The number of Topliss-reactive ketones (excluding diaryl/α,β-unsaturated/α-hetero) is 1. The van der Waals surface area contributed by atoms with Crippen molar-refractivity contribution in [3.05, 3.63) is 63.2 Å². The monoisotopic (exact) mass is 452 g/mol. The molecular formula is C25H24O8. The Morgan fingerprint density at radius 2 is 1.58 bits per heavy atom. The van der Waals surface area contributed by atoms with Crippen molar-refractivity contribution < 1.29 is 39.5 Å². The summed E-state index contributed by atoms with van der Waals surface area (Å²) in [5.74, 6) is -1.94. The van der Waals surface area contributed by atoms with Crippen LogP contribution >= 0.6 is 0 Å². The summed E-state index contributed by atoms with van der Waals surface area (Å²) in [7, 11) is 0. The number of ketones is 3. The van der Waals surface area contributed by atoms with E-state index in [1.807, 2.05) is 0 Å². The van der Waals surface area contributed by atoms with E-state index in [0.29, 0.717) is 5.56 Å². The number of carbonyl (C=O) groups is 3. The van der Waals surface area contributed by atoms with Gasteiger partial charge in [-0.15, -0.1) is 0 Å². The minimum absolute atomic E-state index is 0.0124. The molecule has 8 nitrogen and oxygen atoms in total. The van der Waals surface area contributed by atoms with Gasteiger partial charge in [-0.2, -0.15) is 0 Å². The molecule has 3 aliphatic rings. The second-order valence-corrected chi connectivity index (χ2v) is 9.50. The first-order valence-corrected chi connectivity index (χ1v) is 10.9. The molecule has 172 valence electrons. The van der Waals surface area contributed by atoms with Crippen LogP contribution in [0.4, 0.5) is 0 Å². The van der Waals surface area contributed by atoms with Gasteiger partial charge in [0.1, 0.15) is 11.9 Å². The Kier molecular flexibility index (Phi) is 4.84. The summed E-state index contributed by atoms with van der Waals surface area (Å²) < 4.78 is 5.73. The number of aliphatic hydroxyl groups is 3. The quantitative estimate of drug-likeness (QED) is 0.436. The molecule has 2 aromatic rings. The van der Waals surface area contributed by atoms with E-state index in [9.17, 15) is 34.8 Å². The van der Waals surface area contributed by atoms with Crippen molar-refractivity contribution in [2.45, 2.75) is 63.1 Å². The van der Waals surface area contributed by atoms with Crippen LogP contribution in [-0.2, 0) is 11.2 Å². The molecule has 1 aliphatic heterocycles. The average Bonchev–Trinajstić information content (AvgIpc) is 2.73. The van der Waals surface area contributed by atoms with Gasteiger partial charge in [-0.1, -0.05) is 12.1 Å². The van der Waals surface area contributed by atoms with Gasteiger partial charge >= 0.3 is 0 Å². The highest BCUT2D eigenvalue weighted by Crippen LogP contribution is 2.43. The smallest absolute Gasteiger partial charge is 0.198 e. The summed E-state index contributed by atoms with van der Waals surface area (Å²) >= 11 is 0. The number of hydrogen-bond acceptors (Lipinski definition) is 8. The van der Waals surface area contributed by atoms with Gasteiger partial charge in [0.25, 0.3) is 0 Å². The lowest BCUT2D eigenvalue weighted by Crippen LogP contribution is -2.44. The van der Waals surface area contributed by atoms with E-state index in [-0.39, 0.29) is 52.6 Å². The molecule has 0 aromatic heterocycles. The molecule has 0 radical (unpaired) electrons. The lowest BCUT2D eigenvalue weighted by Gasteiger charge is -2.36. The summed E-state index contributed by atoms with van der Waals surface area (Å²) in [6, 6.07) is 5.91. The molecule has 0 unspecified atom stereocenters. The Hall–Kier alpha value is -2.91. The van der Waals surface area contributed by atoms with Crippen molar-refractivity contribution in [1.82, 2.24) is 0 Å². The Morgan fingerprint density at radius 3 is 2.27 bits per heavy atom. The Bertz CT molecular complexity index is 1220. The van der Waals surface area contributed by atoms with Crippen LogP contribution in [0.25, 0.3) is 0 Å². The van der Waals surface area contributed by atoms with Crippen molar-refractivity contribution in [3.8, 4) is 5.75 Å². The highest BCUT2D eigenvalue weighted by Gasteiger charge is 2.42. The first kappa shape index (κ1) is 21.9. The summed E-state index contributed by atoms with van der Waals surface area (Å²) in [6.07, 6.45) is -3.56. The topological polar surface area (TPSA) is 141 Å². The Morgan fingerprint density at radius 1 is 0.939 bits per heavy atom. The largest absolute Gasteiger partial charge is 0.507 e. The molecule has 4 N–H and O–H groups in total. The second kappa shape index (κ2) is 7.30. The minimum Gasteiger partial charge on any atom is -0.507 e. The third-order valence-electron chi connectivity index (χ3n) is 6.89. The van der Waals surface area contributed by atoms with Crippen LogP contribution in [0.5, 0.6) is 5.75 Å². The Balaban J connectivity index is 1.61. The van der Waals surface area contributed by atoms with Crippen molar-refractivity contribution in [1.29, 1.82) is 0 Å². The van der Waals surface area contributed by atoms with Crippen LogP contribution in [0, 0.1) is 0 Å². The molecule has 1 saturated heterocycles. The zero-order valence-corrected chi connectivity index (χ0v) is 18.2. The molecule has 1 heterocycles. The number of fused-ring (bicyclic) bond motifs is 4. The number of carbonyl (C=O) groups excluding carboxylic acids is 3. The number of benzene rings is 2. The number of hydrogen-bond donors (Lipinski definition) is 4. The number of aliphatic hydroxyl groups excluding tert-OH is 2. The summed E-state index contributed by atoms with van der Waals surface area (Å²) in [6.45, 7) is 3.15. The molecule has 0 bridgehead atoms. The standard InChI is InChI=1S/C25H24O8/c1-10-21(28)15(26)7-17(33-10)12-5-6-14-20(22(12)29)24(31)13-4-3-11-8-25(2,32)9-16(27)18(11)19(13)23(14)30/h3-6,10,15,17,21,26,28-29,32H,7-9H2,1-2H3/t10-,15-,17-,21-,25-/m1/s1. The number of phenolic OH excluding ortho intramolecular Hbond substituents is 1. The van der Waals surface area contributed by atoms with Gasteiger partial charge in [-0.25, -0.2) is 0 Å². The van der Waals surface area contributed by atoms with Gasteiger partial charge in [0.05, 0.1) is 29.5 Å². The summed E-state index contributed by atoms with van der Waals surface area (Å²) in [4.78, 5) is 39.7. The Labute approximate surface area is 189 Å². The molecule has 0 saturated carbocycles. The number of aromatic hydroxyl groups is 1. The van der Waals surface area contributed by atoms with E-state index in [1.54, 1.807) is 19.9 Å². The SMILES string of the molecule is C[C@H]1O[C@@H](c2ccc3c(c2O)C(=O)c2ccc4c(c2C3=O)C(=O)C[C@](C)(O)C4)C[C@@H](O)[C@@H]1O. The molecular weight excluding hydrogens is 428 g/mol. The van der Waals surface area contributed by atoms with E-state index in [2.05, 4.69) is 0 Å². The van der Waals surface area contributed by atoms with E-state index >= 15 is 0 Å². The third kappa shape index (κ3) is 3.25. The van der Waals surface area contributed by atoms with Crippen LogP contribution in [-0.4, -0.2) is 61.7 Å². The molecule has 33 heavy (non-hydrogen) atoms. The molecule has 2 aromatic carbocycles. The fourth-order valence-corrected chi connectivity index (χ4v) is 5.27. The van der Waals surface area contributed by atoms with Crippen molar-refractivity contribution in [3.63, 3.8) is 0 Å². The van der Waals surface area contributed by atoms with E-state index in [4.69, 9.17) is 4.74 Å². The normalized spacial score (nSPS) is 31.1. The van der Waals surface area contributed by atoms with Crippen LogP contribution < -0.4 is 0 Å². The molecule has 5 rings (SSSR count). The van der Waals surface area contributed by atoms with E-state index in [0.717, 1.165) is 0 Å². The summed E-state index contributed by atoms with van der Waals surface area (Å²) in [5, 5.41) is 41.4. The molecule has 0 spiro atoms. The number of ether oxygens (including phenoxy) is 1. The zero-order valence-electron chi connectivity index (χ0n) is 18.2. The van der Waals surface area contributed by atoms with Crippen LogP contribution in [0.1, 0.15) is 86.1 Å². The zero-order chi connectivity index (χ0) is 23.8. The van der Waals surface area contributed by atoms with Crippen LogP contribution in [0.3, 0.4) is 0 Å². The maximum atomic E-state index is 13.4. The third-order valence-corrected chi connectivity index (χ3v) is 6.89. The van der Waals surface area contributed by atoms with Crippen molar-refractivity contribution in [2.75, 3.05) is 0 Å². The van der Waals surface area contributed by atoms with Crippen molar-refractivity contribution in [2.24, 2.45) is 0 Å². The first-order valence-electron chi connectivity index (χ1n) is 10.9. The van der Waals surface area contributed by atoms with Gasteiger partial charge < -0.3 is 25.2 Å². The maximum absolute atomic E-state index is 13.4. The lowest BCUT2D eigenvalue weighted by molar-refractivity contribution is -0.163. The fourth-order valence-electron chi connectivity index (χ4n) is 5.27. The molecule has 0 amide bonds.